The monoisotopic (exact) mass is 276 g/mol. The minimum atomic E-state index is -0.500. The molecule has 1 aliphatic rings. The van der Waals surface area contributed by atoms with Crippen LogP contribution in [-0.2, 0) is 11.2 Å². The van der Waals surface area contributed by atoms with E-state index in [1.807, 2.05) is 17.0 Å². The number of aromatic hydroxyl groups is 1. The van der Waals surface area contributed by atoms with Crippen molar-refractivity contribution in [1.29, 1.82) is 0 Å². The third kappa shape index (κ3) is 3.73. The number of amides is 1. The standard InChI is InChI=1S/C16H24N2O2/c1-12-5-3-2-4-10-18(12)16(20)15(17)11-13-6-8-14(19)9-7-13/h6-9,12,15,19H,2-5,10-11,17H2,1H3. The summed E-state index contributed by atoms with van der Waals surface area (Å²) in [6.07, 6.45) is 5.04. The number of carbonyl (C=O) groups excluding carboxylic acids is 1. The van der Waals surface area contributed by atoms with E-state index in [1.165, 1.54) is 12.8 Å². The summed E-state index contributed by atoms with van der Waals surface area (Å²) in [5, 5.41) is 9.26. The van der Waals surface area contributed by atoms with Crippen molar-refractivity contribution in [2.45, 2.75) is 51.1 Å². The molecule has 0 aliphatic carbocycles. The van der Waals surface area contributed by atoms with Crippen LogP contribution in [0.4, 0.5) is 0 Å². The number of phenols is 1. The molecular formula is C16H24N2O2. The number of hydrogen-bond donors (Lipinski definition) is 2. The molecule has 4 heteroatoms. The topological polar surface area (TPSA) is 66.6 Å². The van der Waals surface area contributed by atoms with Gasteiger partial charge in [0.15, 0.2) is 0 Å². The van der Waals surface area contributed by atoms with E-state index >= 15 is 0 Å². The van der Waals surface area contributed by atoms with Gasteiger partial charge in [0.2, 0.25) is 5.91 Å². The van der Waals surface area contributed by atoms with Crippen molar-refractivity contribution < 1.29 is 9.90 Å². The van der Waals surface area contributed by atoms with Gasteiger partial charge in [0.1, 0.15) is 5.75 Å². The quantitative estimate of drug-likeness (QED) is 0.888. The fraction of sp³-hybridized carbons (Fsp3) is 0.562. The third-order valence-electron chi connectivity index (χ3n) is 4.05. The molecule has 1 aliphatic heterocycles. The van der Waals surface area contributed by atoms with Gasteiger partial charge in [0.05, 0.1) is 6.04 Å². The summed E-state index contributed by atoms with van der Waals surface area (Å²) in [5.41, 5.74) is 7.06. The van der Waals surface area contributed by atoms with Crippen molar-refractivity contribution in [3.8, 4) is 5.75 Å². The molecule has 1 aromatic carbocycles. The summed E-state index contributed by atoms with van der Waals surface area (Å²) in [4.78, 5) is 14.4. The van der Waals surface area contributed by atoms with Crippen LogP contribution in [0.15, 0.2) is 24.3 Å². The Hall–Kier alpha value is -1.55. The molecule has 3 N–H and O–H groups in total. The number of nitrogens with two attached hydrogens (primary N) is 1. The Labute approximate surface area is 120 Å². The van der Waals surface area contributed by atoms with Crippen molar-refractivity contribution in [2.75, 3.05) is 6.54 Å². The van der Waals surface area contributed by atoms with Crippen LogP contribution in [0.2, 0.25) is 0 Å². The second-order valence-electron chi connectivity index (χ2n) is 5.71. The Morgan fingerprint density at radius 3 is 2.75 bits per heavy atom. The van der Waals surface area contributed by atoms with Crippen LogP contribution in [0.1, 0.15) is 38.2 Å². The van der Waals surface area contributed by atoms with E-state index in [0.29, 0.717) is 6.42 Å². The van der Waals surface area contributed by atoms with Crippen LogP contribution in [0.5, 0.6) is 5.75 Å². The lowest BCUT2D eigenvalue weighted by atomic mass is 10.0. The van der Waals surface area contributed by atoms with Gasteiger partial charge in [0, 0.05) is 12.6 Å². The minimum absolute atomic E-state index is 0.0486. The van der Waals surface area contributed by atoms with Crippen LogP contribution in [0, 0.1) is 0 Å². The molecule has 0 saturated carbocycles. The van der Waals surface area contributed by atoms with E-state index in [2.05, 4.69) is 6.92 Å². The SMILES string of the molecule is CC1CCCCCN1C(=O)C(N)Cc1ccc(O)cc1. The summed E-state index contributed by atoms with van der Waals surface area (Å²) < 4.78 is 0. The highest BCUT2D eigenvalue weighted by atomic mass is 16.3. The van der Waals surface area contributed by atoms with Crippen molar-refractivity contribution in [2.24, 2.45) is 5.73 Å². The summed E-state index contributed by atoms with van der Waals surface area (Å²) in [6.45, 7) is 2.93. The lowest BCUT2D eigenvalue weighted by Crippen LogP contribution is -2.48. The molecule has 2 unspecified atom stereocenters. The summed E-state index contributed by atoms with van der Waals surface area (Å²) in [7, 11) is 0. The molecule has 2 atom stereocenters. The minimum Gasteiger partial charge on any atom is -0.508 e. The lowest BCUT2D eigenvalue weighted by Gasteiger charge is -2.29. The first-order valence-corrected chi connectivity index (χ1v) is 7.42. The van der Waals surface area contributed by atoms with Crippen LogP contribution in [0.25, 0.3) is 0 Å². The summed E-state index contributed by atoms with van der Waals surface area (Å²) >= 11 is 0. The normalized spacial score (nSPS) is 21.3. The van der Waals surface area contributed by atoms with E-state index in [0.717, 1.165) is 24.9 Å². The third-order valence-corrected chi connectivity index (χ3v) is 4.05. The van der Waals surface area contributed by atoms with E-state index in [1.54, 1.807) is 12.1 Å². The summed E-state index contributed by atoms with van der Waals surface area (Å²) in [5.74, 6) is 0.280. The Bertz CT molecular complexity index is 444. The predicted molar refractivity (Wildman–Crippen MR) is 79.4 cm³/mol. The molecule has 1 fully saturated rings. The molecule has 1 saturated heterocycles. The lowest BCUT2D eigenvalue weighted by molar-refractivity contribution is -0.134. The molecule has 0 bridgehead atoms. The average Bonchev–Trinajstić information content (AvgIpc) is 2.65. The molecule has 0 radical (unpaired) electrons. The van der Waals surface area contributed by atoms with Gasteiger partial charge < -0.3 is 15.7 Å². The van der Waals surface area contributed by atoms with Crippen LogP contribution in [-0.4, -0.2) is 34.5 Å². The van der Waals surface area contributed by atoms with Crippen LogP contribution >= 0.6 is 0 Å². The predicted octanol–water partition coefficient (Wildman–Crippen LogP) is 2.05. The molecule has 2 rings (SSSR count). The highest BCUT2D eigenvalue weighted by Gasteiger charge is 2.26. The molecular weight excluding hydrogens is 252 g/mol. The molecule has 20 heavy (non-hydrogen) atoms. The second-order valence-corrected chi connectivity index (χ2v) is 5.71. The first kappa shape index (κ1) is 14.9. The van der Waals surface area contributed by atoms with Crippen molar-refractivity contribution in [3.05, 3.63) is 29.8 Å². The van der Waals surface area contributed by atoms with Gasteiger partial charge in [-0.05, 0) is 43.9 Å². The molecule has 1 aromatic rings. The van der Waals surface area contributed by atoms with Gasteiger partial charge in [-0.15, -0.1) is 0 Å². The molecule has 110 valence electrons. The fourth-order valence-electron chi connectivity index (χ4n) is 2.79. The maximum atomic E-state index is 12.5. The molecule has 0 spiro atoms. The highest BCUT2D eigenvalue weighted by Crippen LogP contribution is 2.18. The van der Waals surface area contributed by atoms with E-state index < -0.39 is 6.04 Å². The van der Waals surface area contributed by atoms with Crippen molar-refractivity contribution in [3.63, 3.8) is 0 Å². The number of benzene rings is 1. The maximum absolute atomic E-state index is 12.5. The van der Waals surface area contributed by atoms with E-state index in [4.69, 9.17) is 5.73 Å². The van der Waals surface area contributed by atoms with Crippen molar-refractivity contribution in [1.82, 2.24) is 4.90 Å². The Morgan fingerprint density at radius 1 is 1.35 bits per heavy atom. The van der Waals surface area contributed by atoms with E-state index in [9.17, 15) is 9.90 Å². The van der Waals surface area contributed by atoms with E-state index in [-0.39, 0.29) is 17.7 Å². The number of likely N-dealkylation sites (tertiary alicyclic amines) is 1. The second kappa shape index (κ2) is 6.75. The van der Waals surface area contributed by atoms with Gasteiger partial charge in [-0.25, -0.2) is 0 Å². The zero-order chi connectivity index (χ0) is 14.5. The zero-order valence-corrected chi connectivity index (χ0v) is 12.1. The van der Waals surface area contributed by atoms with Crippen LogP contribution in [0.3, 0.4) is 0 Å². The Morgan fingerprint density at radius 2 is 2.05 bits per heavy atom. The Balaban J connectivity index is 1.98. The smallest absolute Gasteiger partial charge is 0.240 e. The zero-order valence-electron chi connectivity index (χ0n) is 12.1. The van der Waals surface area contributed by atoms with Gasteiger partial charge >= 0.3 is 0 Å². The number of rotatable bonds is 3. The van der Waals surface area contributed by atoms with Gasteiger partial charge in [-0.3, -0.25) is 4.79 Å². The van der Waals surface area contributed by atoms with Crippen LogP contribution < -0.4 is 5.73 Å². The maximum Gasteiger partial charge on any atom is 0.240 e. The Kier molecular flexibility index (Phi) is 5.01. The summed E-state index contributed by atoms with van der Waals surface area (Å²) in [6, 6.07) is 6.67. The average molecular weight is 276 g/mol. The van der Waals surface area contributed by atoms with Gasteiger partial charge in [0.25, 0.3) is 0 Å². The molecule has 1 heterocycles. The molecule has 4 nitrogen and oxygen atoms in total. The first-order chi connectivity index (χ1) is 9.58. The largest absolute Gasteiger partial charge is 0.508 e. The number of hydrogen-bond acceptors (Lipinski definition) is 3. The number of nitrogens with zero attached hydrogens (tertiary/aromatic N) is 1. The first-order valence-electron chi connectivity index (χ1n) is 7.42. The number of carbonyl (C=O) groups is 1. The van der Waals surface area contributed by atoms with Gasteiger partial charge in [-0.2, -0.15) is 0 Å². The van der Waals surface area contributed by atoms with Crippen molar-refractivity contribution >= 4 is 5.91 Å². The molecule has 0 aromatic heterocycles. The fourth-order valence-corrected chi connectivity index (χ4v) is 2.79. The highest BCUT2D eigenvalue weighted by molar-refractivity contribution is 5.82. The van der Waals surface area contributed by atoms with Gasteiger partial charge in [-0.1, -0.05) is 25.0 Å². The molecule has 1 amide bonds. The number of phenolic OH excluding ortho intramolecular Hbond substituents is 1.